The Morgan fingerprint density at radius 3 is 2.38 bits per heavy atom. The maximum atomic E-state index is 10.7. The molecular formula is C9H17NO6. The molecule has 0 bridgehead atoms. The summed E-state index contributed by atoms with van der Waals surface area (Å²) in [5, 5.41) is 9.93. The van der Waals surface area contributed by atoms with Gasteiger partial charge in [-0.3, -0.25) is 0 Å². The fourth-order valence-corrected chi connectivity index (χ4v) is 1.77. The SMILES string of the molecule is COC1OC(C)[C@H](OC)C(O)C1OC(N)=O. The third-order valence-corrected chi connectivity index (χ3v) is 2.51. The zero-order chi connectivity index (χ0) is 12.3. The van der Waals surface area contributed by atoms with Crippen LogP contribution in [-0.4, -0.2) is 56.1 Å². The summed E-state index contributed by atoms with van der Waals surface area (Å²) < 4.78 is 20.2. The Kier molecular flexibility index (Phi) is 4.48. The molecule has 0 aliphatic carbocycles. The van der Waals surface area contributed by atoms with Crippen LogP contribution in [0.5, 0.6) is 0 Å². The third-order valence-electron chi connectivity index (χ3n) is 2.51. The van der Waals surface area contributed by atoms with Crippen molar-refractivity contribution in [2.75, 3.05) is 14.2 Å². The van der Waals surface area contributed by atoms with Gasteiger partial charge in [-0.2, -0.15) is 0 Å². The topological polar surface area (TPSA) is 100 Å². The number of carbonyl (C=O) groups is 1. The predicted molar refractivity (Wildman–Crippen MR) is 52.6 cm³/mol. The van der Waals surface area contributed by atoms with Crippen LogP contribution in [0.15, 0.2) is 0 Å². The van der Waals surface area contributed by atoms with Gasteiger partial charge in [0.2, 0.25) is 0 Å². The van der Waals surface area contributed by atoms with Crippen molar-refractivity contribution in [1.29, 1.82) is 0 Å². The molecule has 0 aromatic carbocycles. The zero-order valence-electron chi connectivity index (χ0n) is 9.45. The maximum Gasteiger partial charge on any atom is 0.405 e. The first kappa shape index (κ1) is 13.2. The number of carbonyl (C=O) groups excluding carboxylic acids is 1. The lowest BCUT2D eigenvalue weighted by Crippen LogP contribution is -2.59. The van der Waals surface area contributed by atoms with Crippen LogP contribution in [0.3, 0.4) is 0 Å². The van der Waals surface area contributed by atoms with Gasteiger partial charge >= 0.3 is 6.09 Å². The van der Waals surface area contributed by atoms with Gasteiger partial charge in [-0.15, -0.1) is 0 Å². The average Bonchev–Trinajstić information content (AvgIpc) is 2.22. The van der Waals surface area contributed by atoms with Gasteiger partial charge in [0.05, 0.1) is 6.10 Å². The quantitative estimate of drug-likeness (QED) is 0.665. The average molecular weight is 235 g/mol. The van der Waals surface area contributed by atoms with Gasteiger partial charge in [-0.05, 0) is 6.92 Å². The molecule has 94 valence electrons. The van der Waals surface area contributed by atoms with E-state index in [0.717, 1.165) is 0 Å². The molecule has 5 atom stereocenters. The summed E-state index contributed by atoms with van der Waals surface area (Å²) in [6.07, 6.45) is -4.88. The number of hydrogen-bond acceptors (Lipinski definition) is 6. The second-order valence-corrected chi connectivity index (χ2v) is 3.54. The molecule has 3 N–H and O–H groups in total. The first-order chi connectivity index (χ1) is 7.51. The van der Waals surface area contributed by atoms with Crippen LogP contribution >= 0.6 is 0 Å². The van der Waals surface area contributed by atoms with Crippen molar-refractivity contribution < 1.29 is 28.8 Å². The predicted octanol–water partition coefficient (Wildman–Crippen LogP) is -0.783. The molecule has 1 heterocycles. The Morgan fingerprint density at radius 2 is 1.94 bits per heavy atom. The largest absolute Gasteiger partial charge is 0.438 e. The molecule has 0 aromatic rings. The minimum absolute atomic E-state index is 0.377. The van der Waals surface area contributed by atoms with E-state index >= 15 is 0 Å². The summed E-state index contributed by atoms with van der Waals surface area (Å²) >= 11 is 0. The molecule has 0 spiro atoms. The fraction of sp³-hybridized carbons (Fsp3) is 0.889. The standard InChI is InChI=1S/C9H17NO6/c1-4-6(13-2)5(11)7(16-9(10)12)8(14-3)15-4/h4-8,11H,1-3H3,(H2,10,12)/t4?,5?,6-,7?,8?/m0/s1. The van der Waals surface area contributed by atoms with Gasteiger partial charge in [-0.1, -0.05) is 0 Å². The van der Waals surface area contributed by atoms with E-state index in [4.69, 9.17) is 24.7 Å². The highest BCUT2D eigenvalue weighted by Crippen LogP contribution is 2.25. The number of ether oxygens (including phenoxy) is 4. The highest BCUT2D eigenvalue weighted by atomic mass is 16.7. The van der Waals surface area contributed by atoms with Gasteiger partial charge < -0.3 is 29.8 Å². The van der Waals surface area contributed by atoms with Crippen LogP contribution in [0.1, 0.15) is 6.92 Å². The summed E-state index contributed by atoms with van der Waals surface area (Å²) in [6.45, 7) is 1.73. The van der Waals surface area contributed by atoms with Crippen molar-refractivity contribution in [3.8, 4) is 0 Å². The number of methoxy groups -OCH3 is 2. The molecule has 1 aliphatic heterocycles. The molecule has 0 aromatic heterocycles. The summed E-state index contributed by atoms with van der Waals surface area (Å²) in [5.41, 5.74) is 4.90. The van der Waals surface area contributed by atoms with E-state index in [0.29, 0.717) is 0 Å². The van der Waals surface area contributed by atoms with E-state index in [1.807, 2.05) is 0 Å². The fourth-order valence-electron chi connectivity index (χ4n) is 1.77. The second kappa shape index (κ2) is 5.44. The van der Waals surface area contributed by atoms with E-state index in [2.05, 4.69) is 0 Å². The Balaban J connectivity index is 2.79. The Hall–Kier alpha value is -0.890. The number of rotatable bonds is 3. The highest BCUT2D eigenvalue weighted by molar-refractivity contribution is 5.64. The molecule has 1 saturated heterocycles. The van der Waals surface area contributed by atoms with Gasteiger partial charge in [0.1, 0.15) is 12.2 Å². The van der Waals surface area contributed by atoms with Crippen LogP contribution in [-0.2, 0) is 18.9 Å². The van der Waals surface area contributed by atoms with Crippen LogP contribution < -0.4 is 5.73 Å². The Bertz CT molecular complexity index is 248. The number of amides is 1. The highest BCUT2D eigenvalue weighted by Gasteiger charge is 2.46. The first-order valence-electron chi connectivity index (χ1n) is 4.86. The minimum Gasteiger partial charge on any atom is -0.438 e. The van der Waals surface area contributed by atoms with Crippen molar-refractivity contribution >= 4 is 6.09 Å². The van der Waals surface area contributed by atoms with E-state index in [1.165, 1.54) is 14.2 Å². The van der Waals surface area contributed by atoms with Crippen molar-refractivity contribution in [2.45, 2.75) is 37.6 Å². The number of hydrogen-bond donors (Lipinski definition) is 2. The van der Waals surface area contributed by atoms with Gasteiger partial charge in [0.15, 0.2) is 12.4 Å². The molecule has 1 rings (SSSR count). The minimum atomic E-state index is -1.05. The molecule has 0 saturated carbocycles. The number of primary amides is 1. The van der Waals surface area contributed by atoms with E-state index in [1.54, 1.807) is 6.92 Å². The number of aliphatic hydroxyl groups excluding tert-OH is 1. The first-order valence-corrected chi connectivity index (χ1v) is 4.86. The molecule has 7 nitrogen and oxygen atoms in total. The van der Waals surface area contributed by atoms with Gasteiger partial charge in [0, 0.05) is 14.2 Å². The molecule has 1 aliphatic rings. The zero-order valence-corrected chi connectivity index (χ0v) is 9.45. The molecule has 0 radical (unpaired) electrons. The molecule has 16 heavy (non-hydrogen) atoms. The third kappa shape index (κ3) is 2.62. The lowest BCUT2D eigenvalue weighted by atomic mass is 9.99. The van der Waals surface area contributed by atoms with Crippen LogP contribution in [0.4, 0.5) is 4.79 Å². The lowest BCUT2D eigenvalue weighted by Gasteiger charge is -2.41. The second-order valence-electron chi connectivity index (χ2n) is 3.54. The van der Waals surface area contributed by atoms with Crippen LogP contribution in [0.2, 0.25) is 0 Å². The van der Waals surface area contributed by atoms with Crippen molar-refractivity contribution in [1.82, 2.24) is 0 Å². The molecule has 4 unspecified atom stereocenters. The van der Waals surface area contributed by atoms with Crippen molar-refractivity contribution in [3.63, 3.8) is 0 Å². The van der Waals surface area contributed by atoms with Gasteiger partial charge in [-0.25, -0.2) is 4.79 Å². The summed E-state index contributed by atoms with van der Waals surface area (Å²) in [7, 11) is 2.82. The summed E-state index contributed by atoms with van der Waals surface area (Å²) in [6, 6.07) is 0. The molecule has 1 fully saturated rings. The lowest BCUT2D eigenvalue weighted by molar-refractivity contribution is -0.288. The van der Waals surface area contributed by atoms with E-state index in [9.17, 15) is 9.90 Å². The van der Waals surface area contributed by atoms with Crippen molar-refractivity contribution in [2.24, 2.45) is 5.73 Å². The molecule has 7 heteroatoms. The summed E-state index contributed by atoms with van der Waals surface area (Å²) in [4.78, 5) is 10.7. The molecular weight excluding hydrogens is 218 g/mol. The smallest absolute Gasteiger partial charge is 0.405 e. The van der Waals surface area contributed by atoms with Crippen molar-refractivity contribution in [3.05, 3.63) is 0 Å². The van der Waals surface area contributed by atoms with Crippen LogP contribution in [0, 0.1) is 0 Å². The van der Waals surface area contributed by atoms with E-state index in [-0.39, 0.29) is 6.10 Å². The number of nitrogens with two attached hydrogens (primary N) is 1. The molecule has 1 amide bonds. The Labute approximate surface area is 93.4 Å². The normalized spacial score (nSPS) is 39.4. The monoisotopic (exact) mass is 235 g/mol. The van der Waals surface area contributed by atoms with Crippen LogP contribution in [0.25, 0.3) is 0 Å². The Morgan fingerprint density at radius 1 is 1.31 bits per heavy atom. The van der Waals surface area contributed by atoms with E-state index < -0.39 is 30.7 Å². The number of aliphatic hydroxyl groups is 1. The summed E-state index contributed by atoms with van der Waals surface area (Å²) in [5.74, 6) is 0. The van der Waals surface area contributed by atoms with Gasteiger partial charge in [0.25, 0.3) is 0 Å². The maximum absolute atomic E-state index is 10.7.